The first-order valence-electron chi connectivity index (χ1n) is 5.78. The number of fused-ring (bicyclic) bond motifs is 1. The molecule has 0 unspecified atom stereocenters. The van der Waals surface area contributed by atoms with E-state index < -0.39 is 0 Å². The number of phenolic OH excluding ortho intramolecular Hbond substituents is 1. The van der Waals surface area contributed by atoms with E-state index in [2.05, 4.69) is 44.0 Å². The van der Waals surface area contributed by atoms with Crippen LogP contribution in [-0.2, 0) is 0 Å². The number of benzene rings is 1. The number of phenols is 1. The minimum Gasteiger partial charge on any atom is -0.506 e. The Morgan fingerprint density at radius 2 is 2.06 bits per heavy atom. The second kappa shape index (κ2) is 3.58. The maximum absolute atomic E-state index is 9.84. The molecular formula is C13H20N2O. The smallest absolute Gasteiger partial charge is 0.140 e. The highest BCUT2D eigenvalue weighted by Crippen LogP contribution is 2.42. The molecule has 3 nitrogen and oxygen atoms in total. The van der Waals surface area contributed by atoms with Gasteiger partial charge >= 0.3 is 0 Å². The van der Waals surface area contributed by atoms with Crippen LogP contribution in [0.1, 0.15) is 27.7 Å². The van der Waals surface area contributed by atoms with Gasteiger partial charge in [-0.1, -0.05) is 6.07 Å². The van der Waals surface area contributed by atoms with E-state index in [9.17, 15) is 5.11 Å². The molecular weight excluding hydrogens is 200 g/mol. The van der Waals surface area contributed by atoms with Gasteiger partial charge in [0.05, 0.1) is 11.2 Å². The molecule has 0 aliphatic carbocycles. The molecule has 2 N–H and O–H groups in total. The van der Waals surface area contributed by atoms with Crippen molar-refractivity contribution in [1.82, 2.24) is 0 Å². The summed E-state index contributed by atoms with van der Waals surface area (Å²) >= 11 is 0. The lowest BCUT2D eigenvalue weighted by molar-refractivity contribution is 0.431. The van der Waals surface area contributed by atoms with Gasteiger partial charge in [0, 0.05) is 12.6 Å². The van der Waals surface area contributed by atoms with E-state index in [0.717, 1.165) is 17.9 Å². The van der Waals surface area contributed by atoms with E-state index in [0.29, 0.717) is 11.8 Å². The number of nitrogens with one attached hydrogen (secondary N) is 1. The van der Waals surface area contributed by atoms with Gasteiger partial charge in [0.25, 0.3) is 0 Å². The molecule has 2 rings (SSSR count). The molecule has 1 aliphatic heterocycles. The highest BCUT2D eigenvalue weighted by molar-refractivity contribution is 5.79. The van der Waals surface area contributed by atoms with Crippen molar-refractivity contribution < 1.29 is 5.11 Å². The summed E-state index contributed by atoms with van der Waals surface area (Å²) in [5.41, 5.74) is 2.01. The summed E-state index contributed by atoms with van der Waals surface area (Å²) in [7, 11) is 0. The molecule has 0 saturated heterocycles. The number of para-hydroxylation sites is 1. The lowest BCUT2D eigenvalue weighted by Crippen LogP contribution is -2.55. The van der Waals surface area contributed by atoms with E-state index in [-0.39, 0.29) is 5.54 Å². The third kappa shape index (κ3) is 1.60. The number of rotatable bonds is 1. The molecule has 1 heterocycles. The van der Waals surface area contributed by atoms with Crippen LogP contribution in [0.4, 0.5) is 11.4 Å². The van der Waals surface area contributed by atoms with Gasteiger partial charge in [-0.3, -0.25) is 0 Å². The van der Waals surface area contributed by atoms with Crippen molar-refractivity contribution in [2.24, 2.45) is 0 Å². The first-order chi connectivity index (χ1) is 7.43. The predicted octanol–water partition coefficient (Wildman–Crippen LogP) is 2.81. The average molecular weight is 220 g/mol. The Hall–Kier alpha value is -1.38. The van der Waals surface area contributed by atoms with Crippen LogP contribution in [0.3, 0.4) is 0 Å². The van der Waals surface area contributed by atoms with Crippen molar-refractivity contribution in [3.63, 3.8) is 0 Å². The van der Waals surface area contributed by atoms with E-state index >= 15 is 0 Å². The van der Waals surface area contributed by atoms with E-state index in [1.807, 2.05) is 6.07 Å². The summed E-state index contributed by atoms with van der Waals surface area (Å²) in [6, 6.07) is 6.09. The lowest BCUT2D eigenvalue weighted by atomic mass is 9.95. The van der Waals surface area contributed by atoms with E-state index in [1.54, 1.807) is 6.07 Å². The Morgan fingerprint density at radius 3 is 2.69 bits per heavy atom. The summed E-state index contributed by atoms with van der Waals surface area (Å²) in [6.07, 6.45) is 0. The fourth-order valence-corrected chi connectivity index (χ4v) is 2.60. The average Bonchev–Trinajstić information content (AvgIpc) is 2.15. The third-order valence-electron chi connectivity index (χ3n) is 3.15. The van der Waals surface area contributed by atoms with Gasteiger partial charge in [0.1, 0.15) is 11.4 Å². The third-order valence-corrected chi connectivity index (χ3v) is 3.15. The minimum absolute atomic E-state index is 0.0644. The van der Waals surface area contributed by atoms with Crippen LogP contribution in [0.5, 0.6) is 5.75 Å². The van der Waals surface area contributed by atoms with Crippen molar-refractivity contribution in [2.75, 3.05) is 16.8 Å². The first kappa shape index (κ1) is 11.1. The molecule has 1 aliphatic rings. The van der Waals surface area contributed by atoms with Crippen LogP contribution >= 0.6 is 0 Å². The van der Waals surface area contributed by atoms with Crippen LogP contribution in [0.15, 0.2) is 18.2 Å². The quantitative estimate of drug-likeness (QED) is 0.714. The molecule has 88 valence electrons. The Bertz CT molecular complexity index is 399. The van der Waals surface area contributed by atoms with Gasteiger partial charge < -0.3 is 15.3 Å². The van der Waals surface area contributed by atoms with Crippen molar-refractivity contribution in [3.8, 4) is 5.75 Å². The Balaban J connectivity index is 2.54. The molecule has 1 aromatic carbocycles. The molecule has 0 atom stereocenters. The summed E-state index contributed by atoms with van der Waals surface area (Å²) in [5, 5.41) is 13.2. The molecule has 0 spiro atoms. The zero-order chi connectivity index (χ0) is 11.9. The number of nitrogens with zero attached hydrogens (tertiary/aromatic N) is 1. The molecule has 0 fully saturated rings. The molecule has 0 saturated carbocycles. The maximum Gasteiger partial charge on any atom is 0.140 e. The lowest BCUT2D eigenvalue weighted by Gasteiger charge is -2.48. The fourth-order valence-electron chi connectivity index (χ4n) is 2.60. The van der Waals surface area contributed by atoms with Gasteiger partial charge in [-0.05, 0) is 39.8 Å². The summed E-state index contributed by atoms with van der Waals surface area (Å²) in [6.45, 7) is 9.64. The van der Waals surface area contributed by atoms with Crippen molar-refractivity contribution in [3.05, 3.63) is 18.2 Å². The monoisotopic (exact) mass is 220 g/mol. The van der Waals surface area contributed by atoms with Gasteiger partial charge in [-0.15, -0.1) is 0 Å². The van der Waals surface area contributed by atoms with Crippen molar-refractivity contribution >= 4 is 11.4 Å². The molecule has 3 heteroatoms. The van der Waals surface area contributed by atoms with Crippen molar-refractivity contribution in [1.29, 1.82) is 0 Å². The van der Waals surface area contributed by atoms with Crippen LogP contribution in [0.25, 0.3) is 0 Å². The second-order valence-corrected chi connectivity index (χ2v) is 5.30. The molecule has 0 amide bonds. The minimum atomic E-state index is 0.0644. The van der Waals surface area contributed by atoms with Gasteiger partial charge in [0.2, 0.25) is 0 Å². The van der Waals surface area contributed by atoms with Crippen LogP contribution < -0.4 is 10.2 Å². The van der Waals surface area contributed by atoms with Gasteiger partial charge in [-0.25, -0.2) is 0 Å². The highest BCUT2D eigenvalue weighted by Gasteiger charge is 2.35. The standard InChI is InChI=1S/C13H20N2O/c1-9(2)15-10-6-5-7-11(16)12(10)14-8-13(15,3)4/h5-7,9,14,16H,8H2,1-4H3. The Morgan fingerprint density at radius 1 is 1.38 bits per heavy atom. The summed E-state index contributed by atoms with van der Waals surface area (Å²) < 4.78 is 0. The summed E-state index contributed by atoms with van der Waals surface area (Å²) in [4.78, 5) is 2.36. The fraction of sp³-hybridized carbons (Fsp3) is 0.538. The molecule has 16 heavy (non-hydrogen) atoms. The highest BCUT2D eigenvalue weighted by atomic mass is 16.3. The first-order valence-corrected chi connectivity index (χ1v) is 5.78. The predicted molar refractivity (Wildman–Crippen MR) is 68.3 cm³/mol. The largest absolute Gasteiger partial charge is 0.506 e. The Kier molecular flexibility index (Phi) is 2.49. The maximum atomic E-state index is 9.84. The van der Waals surface area contributed by atoms with Crippen molar-refractivity contribution in [2.45, 2.75) is 39.3 Å². The number of hydrogen-bond donors (Lipinski definition) is 2. The normalized spacial score (nSPS) is 18.2. The topological polar surface area (TPSA) is 35.5 Å². The molecule has 0 bridgehead atoms. The van der Waals surface area contributed by atoms with Crippen LogP contribution in [0, 0.1) is 0 Å². The Labute approximate surface area is 97.1 Å². The number of aromatic hydroxyl groups is 1. The molecule has 1 aromatic rings. The molecule has 0 radical (unpaired) electrons. The zero-order valence-corrected chi connectivity index (χ0v) is 10.4. The summed E-state index contributed by atoms with van der Waals surface area (Å²) in [5.74, 6) is 0.332. The molecule has 0 aromatic heterocycles. The van der Waals surface area contributed by atoms with E-state index in [1.165, 1.54) is 0 Å². The number of hydrogen-bond acceptors (Lipinski definition) is 3. The second-order valence-electron chi connectivity index (χ2n) is 5.30. The van der Waals surface area contributed by atoms with Gasteiger partial charge in [0.15, 0.2) is 0 Å². The van der Waals surface area contributed by atoms with Crippen LogP contribution in [-0.4, -0.2) is 23.2 Å². The van der Waals surface area contributed by atoms with Crippen LogP contribution in [0.2, 0.25) is 0 Å². The van der Waals surface area contributed by atoms with Gasteiger partial charge in [-0.2, -0.15) is 0 Å². The number of anilines is 2. The zero-order valence-electron chi connectivity index (χ0n) is 10.4. The SMILES string of the molecule is CC(C)N1c2cccc(O)c2NCC1(C)C. The van der Waals surface area contributed by atoms with E-state index in [4.69, 9.17) is 0 Å².